The first-order chi connectivity index (χ1) is 24.3. The van der Waals surface area contributed by atoms with Crippen molar-refractivity contribution in [3.8, 4) is 5.19 Å². The molecule has 16 heteroatoms. The van der Waals surface area contributed by atoms with Gasteiger partial charge in [0, 0.05) is 18.0 Å². The number of para-hydroxylation sites is 1. The van der Waals surface area contributed by atoms with Crippen LogP contribution >= 0.6 is 11.3 Å². The maximum atomic E-state index is 14.4. The summed E-state index contributed by atoms with van der Waals surface area (Å²) in [5.74, 6) is -2.42. The lowest BCUT2D eigenvalue weighted by atomic mass is 10.0. The predicted molar refractivity (Wildman–Crippen MR) is 184 cm³/mol. The van der Waals surface area contributed by atoms with Crippen molar-refractivity contribution in [1.29, 1.82) is 0 Å². The van der Waals surface area contributed by atoms with Gasteiger partial charge >= 0.3 is 6.18 Å². The van der Waals surface area contributed by atoms with E-state index in [0.29, 0.717) is 37.3 Å². The van der Waals surface area contributed by atoms with Crippen molar-refractivity contribution < 1.29 is 40.7 Å². The number of nitrogens with one attached hydrogen (secondary N) is 3. The fourth-order valence-electron chi connectivity index (χ4n) is 6.88. The number of halogens is 3. The quantitative estimate of drug-likeness (QED) is 0.282. The SMILES string of the molecule is O=C1N[C@]2(C(=O)NS(=O)(=O)C3CC3)C[C@H]2/C=C\CCCCC[C@H](Nc2cccc(C(F)(F)F)c2)C(=O)N2C[C@H](Oc3nc4ccccc4s3)C[C@@H]12. The summed E-state index contributed by atoms with van der Waals surface area (Å²) >= 11 is 1.32. The van der Waals surface area contributed by atoms with Crippen LogP contribution in [0.4, 0.5) is 18.9 Å². The fourth-order valence-corrected chi connectivity index (χ4v) is 9.12. The molecule has 11 nitrogen and oxygen atoms in total. The topological polar surface area (TPSA) is 147 Å². The lowest BCUT2D eigenvalue weighted by Crippen LogP contribution is -2.57. The highest BCUT2D eigenvalue weighted by atomic mass is 32.2. The number of nitrogens with zero attached hydrogens (tertiary/aromatic N) is 2. The molecule has 2 aromatic carbocycles. The Morgan fingerprint density at radius 1 is 1.06 bits per heavy atom. The number of carbonyl (C=O) groups is 3. The molecule has 272 valence electrons. The van der Waals surface area contributed by atoms with Gasteiger partial charge in [-0.2, -0.15) is 13.2 Å². The van der Waals surface area contributed by atoms with Crippen LogP contribution in [0.1, 0.15) is 63.4 Å². The van der Waals surface area contributed by atoms with Crippen LogP contribution in [-0.2, 0) is 30.6 Å². The van der Waals surface area contributed by atoms with Gasteiger partial charge in [-0.25, -0.2) is 13.4 Å². The summed E-state index contributed by atoms with van der Waals surface area (Å²) in [6.07, 6.45) is 2.63. The Bertz CT molecular complexity index is 1930. The standard InChI is InChI=1S/C35H38F3N5O6S2/c36-35(37,38)21-10-8-11-23(17-21)39-27-13-5-3-1-2-4-9-22-19-34(22,32(46)42-51(47,48)25-15-16-25)41-30(44)28-18-24(20-43(28)31(27)45)49-33-40-26-12-6-7-14-29(26)50-33/h4,6-12,14,17,22,24-25,27-28,39H,1-3,5,13,15-16,18-20H2,(H,41,44)(H,42,46)/b9-4-/t22-,24-,27+,28+,34-/m1/s1. The van der Waals surface area contributed by atoms with Gasteiger partial charge in [0.1, 0.15) is 23.7 Å². The molecule has 2 aliphatic carbocycles. The number of thiazole rings is 1. The number of amides is 3. The zero-order chi connectivity index (χ0) is 36.0. The molecule has 0 radical (unpaired) electrons. The van der Waals surface area contributed by atoms with Crippen molar-refractivity contribution in [1.82, 2.24) is 19.9 Å². The van der Waals surface area contributed by atoms with Crippen molar-refractivity contribution in [3.05, 3.63) is 66.2 Å². The van der Waals surface area contributed by atoms with E-state index in [1.165, 1.54) is 28.4 Å². The summed E-state index contributed by atoms with van der Waals surface area (Å²) in [6.45, 7) is -0.0216. The van der Waals surface area contributed by atoms with Gasteiger partial charge in [0.05, 0.1) is 27.6 Å². The van der Waals surface area contributed by atoms with Crippen molar-refractivity contribution in [2.24, 2.45) is 5.92 Å². The molecule has 5 atom stereocenters. The van der Waals surface area contributed by atoms with Gasteiger partial charge in [0.25, 0.3) is 11.1 Å². The van der Waals surface area contributed by atoms with E-state index < -0.39 is 74.4 Å². The van der Waals surface area contributed by atoms with Crippen LogP contribution < -0.4 is 20.1 Å². The van der Waals surface area contributed by atoms with Gasteiger partial charge in [0.2, 0.25) is 21.8 Å². The van der Waals surface area contributed by atoms with Crippen molar-refractivity contribution in [3.63, 3.8) is 0 Å². The number of benzene rings is 2. The zero-order valence-electron chi connectivity index (χ0n) is 27.5. The molecule has 0 unspecified atom stereocenters. The first-order valence-electron chi connectivity index (χ1n) is 17.1. The van der Waals surface area contributed by atoms with E-state index in [9.17, 15) is 36.0 Å². The molecular weight excluding hydrogens is 708 g/mol. The van der Waals surface area contributed by atoms with Gasteiger partial charge in [-0.05, 0) is 68.9 Å². The molecule has 0 spiro atoms. The molecule has 3 amide bonds. The second kappa shape index (κ2) is 13.7. The second-order valence-electron chi connectivity index (χ2n) is 13.7. The molecule has 1 saturated heterocycles. The summed E-state index contributed by atoms with van der Waals surface area (Å²) in [4.78, 5) is 48.2. The molecular formula is C35H38F3N5O6S2. The highest BCUT2D eigenvalue weighted by Crippen LogP contribution is 2.46. The fraction of sp³-hybridized carbons (Fsp3) is 0.486. The minimum absolute atomic E-state index is 0.0216. The molecule has 4 aliphatic rings. The van der Waals surface area contributed by atoms with Gasteiger partial charge in [0.15, 0.2) is 0 Å². The van der Waals surface area contributed by atoms with Gasteiger partial charge in [-0.3, -0.25) is 19.1 Å². The summed E-state index contributed by atoms with van der Waals surface area (Å²) < 4.78 is 75.5. The van der Waals surface area contributed by atoms with Crippen LogP contribution in [0, 0.1) is 5.92 Å². The van der Waals surface area contributed by atoms with Crippen LogP contribution in [0.2, 0.25) is 0 Å². The summed E-state index contributed by atoms with van der Waals surface area (Å²) in [5, 5.41) is 5.55. The normalized spacial score (nSPS) is 28.1. The zero-order valence-corrected chi connectivity index (χ0v) is 29.2. The molecule has 1 aromatic heterocycles. The third-order valence-corrected chi connectivity index (χ3v) is 12.7. The number of ether oxygens (including phenoxy) is 1. The highest BCUT2D eigenvalue weighted by molar-refractivity contribution is 7.91. The first kappa shape index (κ1) is 35.2. The van der Waals surface area contributed by atoms with Crippen LogP contribution in [-0.4, -0.2) is 71.5 Å². The number of fused-ring (bicyclic) bond motifs is 3. The lowest BCUT2D eigenvalue weighted by molar-refractivity contribution is -0.140. The van der Waals surface area contributed by atoms with Gasteiger partial charge < -0.3 is 20.3 Å². The van der Waals surface area contributed by atoms with Gasteiger partial charge in [-0.1, -0.05) is 54.5 Å². The van der Waals surface area contributed by atoms with Crippen molar-refractivity contribution >= 4 is 55.0 Å². The third-order valence-electron chi connectivity index (χ3n) is 9.92. The number of aromatic nitrogens is 1. The van der Waals surface area contributed by atoms with Crippen molar-refractivity contribution in [2.75, 3.05) is 11.9 Å². The smallest absolute Gasteiger partial charge is 0.416 e. The minimum atomic E-state index is -4.58. The lowest BCUT2D eigenvalue weighted by Gasteiger charge is -2.30. The molecule has 2 saturated carbocycles. The average molecular weight is 746 g/mol. The average Bonchev–Trinajstić information content (AvgIpc) is 3.98. The molecule has 7 rings (SSSR count). The monoisotopic (exact) mass is 745 g/mol. The summed E-state index contributed by atoms with van der Waals surface area (Å²) in [6, 6.07) is 9.99. The summed E-state index contributed by atoms with van der Waals surface area (Å²) in [5.41, 5.74) is -1.55. The molecule has 0 bridgehead atoms. The number of allylic oxidation sites excluding steroid dienone is 1. The Morgan fingerprint density at radius 3 is 2.63 bits per heavy atom. The molecule has 51 heavy (non-hydrogen) atoms. The molecule has 3 aromatic rings. The van der Waals surface area contributed by atoms with E-state index >= 15 is 0 Å². The Kier molecular flexibility index (Phi) is 9.50. The van der Waals surface area contributed by atoms with Crippen LogP contribution in [0.3, 0.4) is 0 Å². The number of sulfonamides is 1. The number of carbonyl (C=O) groups excluding carboxylic acids is 3. The van der Waals surface area contributed by atoms with E-state index in [2.05, 4.69) is 20.3 Å². The first-order valence-corrected chi connectivity index (χ1v) is 19.5. The second-order valence-corrected chi connectivity index (χ2v) is 16.7. The Labute approximate surface area is 297 Å². The number of alkyl halides is 3. The molecule has 3 N–H and O–H groups in total. The number of hydrogen-bond donors (Lipinski definition) is 3. The van der Waals surface area contributed by atoms with Crippen LogP contribution in [0.25, 0.3) is 10.2 Å². The van der Waals surface area contributed by atoms with Gasteiger partial charge in [-0.15, -0.1) is 0 Å². The maximum Gasteiger partial charge on any atom is 0.416 e. The summed E-state index contributed by atoms with van der Waals surface area (Å²) in [7, 11) is -3.90. The van der Waals surface area contributed by atoms with Crippen LogP contribution in [0.5, 0.6) is 5.19 Å². The Hall–Kier alpha value is -4.18. The van der Waals surface area contributed by atoms with Crippen LogP contribution in [0.15, 0.2) is 60.7 Å². The number of rotatable bonds is 7. The Morgan fingerprint density at radius 2 is 1.86 bits per heavy atom. The third kappa shape index (κ3) is 7.71. The number of hydrogen-bond acceptors (Lipinski definition) is 9. The van der Waals surface area contributed by atoms with E-state index in [1.54, 1.807) is 0 Å². The van der Waals surface area contributed by atoms with E-state index in [-0.39, 0.29) is 25.1 Å². The molecule has 3 heterocycles. The maximum absolute atomic E-state index is 14.4. The van der Waals surface area contributed by atoms with E-state index in [4.69, 9.17) is 4.74 Å². The Balaban J connectivity index is 1.19. The predicted octanol–water partition coefficient (Wildman–Crippen LogP) is 5.15. The minimum Gasteiger partial charge on any atom is -0.465 e. The largest absolute Gasteiger partial charge is 0.465 e. The highest BCUT2D eigenvalue weighted by Gasteiger charge is 2.62. The van der Waals surface area contributed by atoms with Crippen molar-refractivity contribution in [2.45, 2.75) is 92.9 Å². The molecule has 2 aliphatic heterocycles. The van der Waals surface area contributed by atoms with E-state index in [0.717, 1.165) is 35.2 Å². The van der Waals surface area contributed by atoms with E-state index in [1.807, 2.05) is 36.4 Å². The number of anilines is 1. The molecule has 3 fully saturated rings.